The smallest absolute Gasteiger partial charge is 0.319 e. The van der Waals surface area contributed by atoms with E-state index in [-0.39, 0.29) is 23.5 Å². The maximum atomic E-state index is 12.9. The second-order valence-electron chi connectivity index (χ2n) is 8.72. The molecule has 0 aromatic carbocycles. The van der Waals surface area contributed by atoms with Crippen LogP contribution in [0.5, 0.6) is 0 Å². The van der Waals surface area contributed by atoms with Gasteiger partial charge in [0.25, 0.3) is 0 Å². The molecule has 0 radical (unpaired) electrons. The third-order valence-electron chi connectivity index (χ3n) is 6.24. The Balaban J connectivity index is 1.49. The molecule has 3 aliphatic rings. The predicted molar refractivity (Wildman–Crippen MR) is 97.7 cm³/mol. The van der Waals surface area contributed by atoms with Crippen LogP contribution in [0.15, 0.2) is 0 Å². The summed E-state index contributed by atoms with van der Waals surface area (Å²) in [6, 6.07) is 0.0253. The Bertz CT molecular complexity index is 533. The SMILES string of the molecule is CN(C)C(=O)N1CCC(C(=O)N2CCC3(CC2)CC(C)(O)CCO3)CC1. The van der Waals surface area contributed by atoms with Crippen LogP contribution in [-0.4, -0.2) is 89.8 Å². The summed E-state index contributed by atoms with van der Waals surface area (Å²) in [5.74, 6) is 0.241. The predicted octanol–water partition coefficient (Wildman–Crippen LogP) is 1.30. The van der Waals surface area contributed by atoms with Gasteiger partial charge in [-0.15, -0.1) is 0 Å². The number of urea groups is 1. The molecule has 7 heteroatoms. The first-order chi connectivity index (χ1) is 12.2. The van der Waals surface area contributed by atoms with Crippen LogP contribution in [0.25, 0.3) is 0 Å². The largest absolute Gasteiger partial charge is 0.390 e. The van der Waals surface area contributed by atoms with E-state index in [1.807, 2.05) is 16.7 Å². The number of carbonyl (C=O) groups is 2. The van der Waals surface area contributed by atoms with Gasteiger partial charge in [0.15, 0.2) is 0 Å². The molecular formula is C19H33N3O4. The van der Waals surface area contributed by atoms with Crippen LogP contribution in [0.4, 0.5) is 4.79 Å². The summed E-state index contributed by atoms with van der Waals surface area (Å²) >= 11 is 0. The van der Waals surface area contributed by atoms with Crippen molar-refractivity contribution in [2.24, 2.45) is 5.92 Å². The molecular weight excluding hydrogens is 334 g/mol. The number of ether oxygens (including phenoxy) is 1. The van der Waals surface area contributed by atoms with E-state index in [0.717, 1.165) is 25.7 Å². The van der Waals surface area contributed by atoms with Crippen molar-refractivity contribution in [2.45, 2.75) is 56.7 Å². The topological polar surface area (TPSA) is 73.3 Å². The molecule has 0 saturated carbocycles. The van der Waals surface area contributed by atoms with Crippen molar-refractivity contribution < 1.29 is 19.4 Å². The van der Waals surface area contributed by atoms with Crippen LogP contribution >= 0.6 is 0 Å². The summed E-state index contributed by atoms with van der Waals surface area (Å²) in [7, 11) is 3.52. The number of likely N-dealkylation sites (tertiary alicyclic amines) is 2. The van der Waals surface area contributed by atoms with E-state index in [9.17, 15) is 14.7 Å². The average molecular weight is 367 g/mol. The second-order valence-corrected chi connectivity index (χ2v) is 8.72. The zero-order valence-corrected chi connectivity index (χ0v) is 16.4. The number of nitrogens with zero attached hydrogens (tertiary/aromatic N) is 3. The molecule has 1 N–H and O–H groups in total. The number of carbonyl (C=O) groups excluding carboxylic acids is 2. The monoisotopic (exact) mass is 367 g/mol. The Hall–Kier alpha value is -1.34. The fourth-order valence-corrected chi connectivity index (χ4v) is 4.64. The van der Waals surface area contributed by atoms with Gasteiger partial charge in [0.1, 0.15) is 0 Å². The van der Waals surface area contributed by atoms with E-state index < -0.39 is 5.60 Å². The van der Waals surface area contributed by atoms with Crippen molar-refractivity contribution in [1.29, 1.82) is 0 Å². The van der Waals surface area contributed by atoms with Crippen molar-refractivity contribution >= 4 is 11.9 Å². The van der Waals surface area contributed by atoms with E-state index in [0.29, 0.717) is 45.6 Å². The molecule has 7 nitrogen and oxygen atoms in total. The maximum Gasteiger partial charge on any atom is 0.319 e. The Morgan fingerprint density at radius 1 is 1.04 bits per heavy atom. The third kappa shape index (κ3) is 4.14. The van der Waals surface area contributed by atoms with Gasteiger partial charge in [0.05, 0.1) is 17.8 Å². The number of rotatable bonds is 1. The highest BCUT2D eigenvalue weighted by molar-refractivity contribution is 5.80. The fraction of sp³-hybridized carbons (Fsp3) is 0.895. The summed E-state index contributed by atoms with van der Waals surface area (Å²) in [4.78, 5) is 30.3. The molecule has 3 fully saturated rings. The van der Waals surface area contributed by atoms with Gasteiger partial charge in [-0.1, -0.05) is 0 Å². The molecule has 0 aromatic rings. The van der Waals surface area contributed by atoms with Gasteiger partial charge in [-0.05, 0) is 39.0 Å². The van der Waals surface area contributed by atoms with E-state index in [4.69, 9.17) is 4.74 Å². The molecule has 26 heavy (non-hydrogen) atoms. The van der Waals surface area contributed by atoms with E-state index in [2.05, 4.69) is 0 Å². The van der Waals surface area contributed by atoms with Gasteiger partial charge in [0.2, 0.25) is 5.91 Å². The molecule has 1 spiro atoms. The van der Waals surface area contributed by atoms with Crippen LogP contribution in [0.1, 0.15) is 45.4 Å². The highest BCUT2D eigenvalue weighted by atomic mass is 16.5. The zero-order valence-electron chi connectivity index (χ0n) is 16.4. The molecule has 148 valence electrons. The van der Waals surface area contributed by atoms with Crippen molar-refractivity contribution in [1.82, 2.24) is 14.7 Å². The first-order valence-electron chi connectivity index (χ1n) is 9.83. The Morgan fingerprint density at radius 2 is 1.65 bits per heavy atom. The van der Waals surface area contributed by atoms with Crippen molar-refractivity contribution in [3.8, 4) is 0 Å². The number of piperidine rings is 2. The second kappa shape index (κ2) is 7.35. The summed E-state index contributed by atoms with van der Waals surface area (Å²) < 4.78 is 6.03. The van der Waals surface area contributed by atoms with Gasteiger partial charge < -0.3 is 24.5 Å². The number of amides is 3. The standard InChI is InChI=1S/C19H33N3O4/c1-18(25)8-13-26-19(14-18)6-11-21(12-7-19)16(23)15-4-9-22(10-5-15)17(24)20(2)3/h15,25H,4-14H2,1-3H3. The quantitative estimate of drug-likeness (QED) is 0.758. The first-order valence-corrected chi connectivity index (χ1v) is 9.83. The summed E-state index contributed by atoms with van der Waals surface area (Å²) in [6.07, 6.45) is 4.42. The molecule has 3 rings (SSSR count). The molecule has 0 bridgehead atoms. The fourth-order valence-electron chi connectivity index (χ4n) is 4.64. The minimum atomic E-state index is -0.657. The maximum absolute atomic E-state index is 12.9. The van der Waals surface area contributed by atoms with Crippen molar-refractivity contribution in [2.75, 3.05) is 46.9 Å². The van der Waals surface area contributed by atoms with Crippen molar-refractivity contribution in [3.05, 3.63) is 0 Å². The van der Waals surface area contributed by atoms with Gasteiger partial charge >= 0.3 is 6.03 Å². The van der Waals surface area contributed by atoms with Gasteiger partial charge in [-0.25, -0.2) is 4.79 Å². The molecule has 3 aliphatic heterocycles. The molecule has 0 aromatic heterocycles. The lowest BCUT2D eigenvalue weighted by Crippen LogP contribution is -2.55. The Morgan fingerprint density at radius 3 is 2.19 bits per heavy atom. The molecule has 0 aliphatic carbocycles. The lowest BCUT2D eigenvalue weighted by Gasteiger charge is -2.48. The van der Waals surface area contributed by atoms with Crippen LogP contribution < -0.4 is 0 Å². The Labute approximate surface area is 156 Å². The minimum Gasteiger partial charge on any atom is -0.390 e. The Kier molecular flexibility index (Phi) is 5.49. The minimum absolute atomic E-state index is 0.0191. The van der Waals surface area contributed by atoms with Crippen LogP contribution in [-0.2, 0) is 9.53 Å². The zero-order chi connectivity index (χ0) is 18.9. The highest BCUT2D eigenvalue weighted by Gasteiger charge is 2.45. The molecule has 3 heterocycles. The van der Waals surface area contributed by atoms with Crippen LogP contribution in [0, 0.1) is 5.92 Å². The van der Waals surface area contributed by atoms with Gasteiger partial charge in [0, 0.05) is 52.6 Å². The number of hydrogen-bond acceptors (Lipinski definition) is 4. The lowest BCUT2D eigenvalue weighted by molar-refractivity contribution is -0.176. The van der Waals surface area contributed by atoms with Gasteiger partial charge in [-0.2, -0.15) is 0 Å². The molecule has 3 amide bonds. The average Bonchev–Trinajstić information content (AvgIpc) is 2.60. The van der Waals surface area contributed by atoms with E-state index in [1.54, 1.807) is 19.0 Å². The highest BCUT2D eigenvalue weighted by Crippen LogP contribution is 2.39. The molecule has 1 atom stereocenters. The lowest BCUT2D eigenvalue weighted by atomic mass is 9.77. The van der Waals surface area contributed by atoms with Gasteiger partial charge in [-0.3, -0.25) is 4.79 Å². The third-order valence-corrected chi connectivity index (χ3v) is 6.24. The number of aliphatic hydroxyl groups is 1. The van der Waals surface area contributed by atoms with E-state index >= 15 is 0 Å². The summed E-state index contributed by atoms with van der Waals surface area (Å²) in [6.45, 7) is 5.18. The summed E-state index contributed by atoms with van der Waals surface area (Å²) in [5.41, 5.74) is -0.920. The van der Waals surface area contributed by atoms with Crippen LogP contribution in [0.3, 0.4) is 0 Å². The van der Waals surface area contributed by atoms with E-state index in [1.165, 1.54) is 0 Å². The first kappa shape index (κ1) is 19.4. The van der Waals surface area contributed by atoms with Crippen molar-refractivity contribution in [3.63, 3.8) is 0 Å². The number of hydrogen-bond donors (Lipinski definition) is 1. The normalized spacial score (nSPS) is 29.7. The summed E-state index contributed by atoms with van der Waals surface area (Å²) in [5, 5.41) is 10.4. The molecule has 1 unspecified atom stereocenters. The van der Waals surface area contributed by atoms with Crippen LogP contribution in [0.2, 0.25) is 0 Å². The molecule has 3 saturated heterocycles.